The molecule has 1 saturated heterocycles. The molecule has 0 radical (unpaired) electrons. The van der Waals surface area contributed by atoms with Crippen LogP contribution in [0.3, 0.4) is 0 Å². The minimum absolute atomic E-state index is 0.0710. The fraction of sp³-hybridized carbons (Fsp3) is 0.458. The molecule has 0 aromatic heterocycles. The molecule has 28 heavy (non-hydrogen) atoms. The van der Waals surface area contributed by atoms with Crippen molar-refractivity contribution in [1.29, 1.82) is 0 Å². The number of rotatable bonds is 7. The van der Waals surface area contributed by atoms with Gasteiger partial charge in [0.15, 0.2) is 0 Å². The topological polar surface area (TPSA) is 41.6 Å². The largest absolute Gasteiger partial charge is 0.376 e. The first-order valence-electron chi connectivity index (χ1n) is 10.4. The van der Waals surface area contributed by atoms with Crippen molar-refractivity contribution in [3.63, 3.8) is 0 Å². The molecular weight excluding hydrogens is 348 g/mol. The molecule has 2 aromatic rings. The zero-order valence-corrected chi connectivity index (χ0v) is 17.3. The fourth-order valence-electron chi connectivity index (χ4n) is 3.73. The van der Waals surface area contributed by atoms with Gasteiger partial charge in [-0.15, -0.1) is 0 Å². The van der Waals surface area contributed by atoms with E-state index in [1.807, 2.05) is 23.1 Å². The van der Waals surface area contributed by atoms with Crippen molar-refractivity contribution in [1.82, 2.24) is 4.90 Å². The molecule has 1 atom stereocenters. The Hall–Kier alpha value is -2.33. The number of hydrogen-bond donors (Lipinski definition) is 1. The summed E-state index contributed by atoms with van der Waals surface area (Å²) < 4.78 is 5.81. The number of aryl methyl sites for hydroxylation is 1. The molecule has 1 N–H and O–H groups in total. The van der Waals surface area contributed by atoms with Gasteiger partial charge < -0.3 is 15.0 Å². The minimum Gasteiger partial charge on any atom is -0.376 e. The second-order valence-corrected chi connectivity index (χ2v) is 7.85. The van der Waals surface area contributed by atoms with Gasteiger partial charge in [-0.2, -0.15) is 0 Å². The summed E-state index contributed by atoms with van der Waals surface area (Å²) >= 11 is 0. The number of urea groups is 1. The van der Waals surface area contributed by atoms with Crippen LogP contribution >= 0.6 is 0 Å². The van der Waals surface area contributed by atoms with E-state index in [1.54, 1.807) is 0 Å². The summed E-state index contributed by atoms with van der Waals surface area (Å²) in [5.41, 5.74) is 4.59. The van der Waals surface area contributed by atoms with Crippen LogP contribution in [0.15, 0.2) is 48.5 Å². The van der Waals surface area contributed by atoms with Crippen molar-refractivity contribution in [3.05, 3.63) is 65.2 Å². The van der Waals surface area contributed by atoms with Gasteiger partial charge in [0.1, 0.15) is 0 Å². The van der Waals surface area contributed by atoms with E-state index < -0.39 is 0 Å². The Morgan fingerprint density at radius 3 is 2.57 bits per heavy atom. The first-order valence-corrected chi connectivity index (χ1v) is 10.4. The summed E-state index contributed by atoms with van der Waals surface area (Å²) in [6, 6.07) is 16.4. The van der Waals surface area contributed by atoms with Crippen LogP contribution in [0.4, 0.5) is 10.5 Å². The van der Waals surface area contributed by atoms with Crippen molar-refractivity contribution in [2.75, 3.05) is 18.5 Å². The normalized spacial score (nSPS) is 16.4. The summed E-state index contributed by atoms with van der Waals surface area (Å²) in [7, 11) is 0. The zero-order valence-electron chi connectivity index (χ0n) is 17.3. The number of amides is 2. The third-order valence-electron chi connectivity index (χ3n) is 5.39. The van der Waals surface area contributed by atoms with Gasteiger partial charge in [-0.1, -0.05) is 57.2 Å². The molecule has 2 amide bonds. The maximum absolute atomic E-state index is 13.1. The van der Waals surface area contributed by atoms with Gasteiger partial charge in [-0.25, -0.2) is 4.79 Å². The van der Waals surface area contributed by atoms with Gasteiger partial charge in [0.2, 0.25) is 0 Å². The standard InChI is InChI=1S/C24H32N2O2/c1-4-19-11-13-21(14-12-19)25-24(27)26(17-22-9-7-15-28-22)16-20-8-5-6-10-23(20)18(2)3/h5-6,8,10-14,18,22H,4,7,9,15-17H2,1-3H3,(H,25,27)/t22-/m1/s1. The van der Waals surface area contributed by atoms with E-state index in [2.05, 4.69) is 56.4 Å². The van der Waals surface area contributed by atoms with Gasteiger partial charge in [0.25, 0.3) is 0 Å². The van der Waals surface area contributed by atoms with E-state index in [1.165, 1.54) is 16.7 Å². The highest BCUT2D eigenvalue weighted by atomic mass is 16.5. The van der Waals surface area contributed by atoms with Crippen LogP contribution in [0.1, 0.15) is 56.2 Å². The maximum atomic E-state index is 13.1. The van der Waals surface area contributed by atoms with Crippen LogP contribution in [0, 0.1) is 0 Å². The van der Waals surface area contributed by atoms with E-state index in [-0.39, 0.29) is 12.1 Å². The average molecular weight is 381 g/mol. The van der Waals surface area contributed by atoms with Gasteiger partial charge in [0.05, 0.1) is 6.10 Å². The third-order valence-corrected chi connectivity index (χ3v) is 5.39. The lowest BCUT2D eigenvalue weighted by atomic mass is 9.97. The number of benzene rings is 2. The number of carbonyl (C=O) groups excluding carboxylic acids is 1. The number of nitrogens with zero attached hydrogens (tertiary/aromatic N) is 1. The number of carbonyl (C=O) groups is 1. The van der Waals surface area contributed by atoms with Gasteiger partial charge >= 0.3 is 6.03 Å². The Kier molecular flexibility index (Phi) is 7.10. The molecule has 3 rings (SSSR count). The summed E-state index contributed by atoms with van der Waals surface area (Å²) in [6.45, 7) is 8.51. The van der Waals surface area contributed by atoms with Crippen molar-refractivity contribution < 1.29 is 9.53 Å². The molecule has 150 valence electrons. The molecule has 0 saturated carbocycles. The Bertz CT molecular complexity index is 764. The number of ether oxygens (including phenoxy) is 1. The predicted molar refractivity (Wildman–Crippen MR) is 115 cm³/mol. The van der Waals surface area contributed by atoms with Crippen LogP contribution < -0.4 is 5.32 Å². The van der Waals surface area contributed by atoms with Crippen molar-refractivity contribution in [2.45, 2.75) is 58.6 Å². The Morgan fingerprint density at radius 1 is 1.18 bits per heavy atom. The molecule has 1 heterocycles. The van der Waals surface area contributed by atoms with E-state index in [9.17, 15) is 4.79 Å². The van der Waals surface area contributed by atoms with E-state index in [0.29, 0.717) is 19.0 Å². The van der Waals surface area contributed by atoms with E-state index in [0.717, 1.165) is 31.6 Å². The van der Waals surface area contributed by atoms with Gasteiger partial charge in [0, 0.05) is 25.4 Å². The predicted octanol–water partition coefficient (Wildman–Crippen LogP) is 5.59. The molecular formula is C24H32N2O2. The van der Waals surface area contributed by atoms with Gasteiger partial charge in [-0.3, -0.25) is 0 Å². The quantitative estimate of drug-likeness (QED) is 0.681. The van der Waals surface area contributed by atoms with Crippen molar-refractivity contribution >= 4 is 11.7 Å². The fourth-order valence-corrected chi connectivity index (χ4v) is 3.73. The van der Waals surface area contributed by atoms with Crippen LogP contribution in [-0.2, 0) is 17.7 Å². The third kappa shape index (κ3) is 5.35. The van der Waals surface area contributed by atoms with E-state index >= 15 is 0 Å². The van der Waals surface area contributed by atoms with Gasteiger partial charge in [-0.05, 0) is 54.0 Å². The van der Waals surface area contributed by atoms with Crippen LogP contribution in [-0.4, -0.2) is 30.2 Å². The molecule has 0 spiro atoms. The Labute approximate surface area is 168 Å². The first kappa shape index (κ1) is 20.4. The van der Waals surface area contributed by atoms with Crippen LogP contribution in [0.2, 0.25) is 0 Å². The summed E-state index contributed by atoms with van der Waals surface area (Å²) in [6.07, 6.45) is 3.20. The first-order chi connectivity index (χ1) is 13.6. The molecule has 0 bridgehead atoms. The molecule has 1 fully saturated rings. The molecule has 4 nitrogen and oxygen atoms in total. The lowest BCUT2D eigenvalue weighted by Crippen LogP contribution is -2.39. The molecule has 0 unspecified atom stereocenters. The summed E-state index contributed by atoms with van der Waals surface area (Å²) in [5.74, 6) is 0.422. The second-order valence-electron chi connectivity index (χ2n) is 7.85. The number of nitrogens with one attached hydrogen (secondary N) is 1. The SMILES string of the molecule is CCc1ccc(NC(=O)N(Cc2ccccc2C(C)C)C[C@H]2CCCO2)cc1. The number of hydrogen-bond acceptors (Lipinski definition) is 2. The zero-order chi connectivity index (χ0) is 19.9. The molecule has 2 aromatic carbocycles. The van der Waals surface area contributed by atoms with Crippen LogP contribution in [0.25, 0.3) is 0 Å². The van der Waals surface area contributed by atoms with E-state index in [4.69, 9.17) is 4.74 Å². The highest BCUT2D eigenvalue weighted by molar-refractivity contribution is 5.89. The molecule has 0 aliphatic carbocycles. The highest BCUT2D eigenvalue weighted by Gasteiger charge is 2.24. The van der Waals surface area contributed by atoms with Crippen LogP contribution in [0.5, 0.6) is 0 Å². The molecule has 1 aliphatic rings. The minimum atomic E-state index is -0.0710. The highest BCUT2D eigenvalue weighted by Crippen LogP contribution is 2.23. The lowest BCUT2D eigenvalue weighted by Gasteiger charge is -2.27. The van der Waals surface area contributed by atoms with Crippen molar-refractivity contribution in [2.24, 2.45) is 0 Å². The molecule has 1 aliphatic heterocycles. The summed E-state index contributed by atoms with van der Waals surface area (Å²) in [5, 5.41) is 3.07. The average Bonchev–Trinajstić information content (AvgIpc) is 3.21. The Morgan fingerprint density at radius 2 is 1.93 bits per heavy atom. The lowest BCUT2D eigenvalue weighted by molar-refractivity contribution is 0.0818. The second kappa shape index (κ2) is 9.74. The van der Waals surface area contributed by atoms with Crippen molar-refractivity contribution in [3.8, 4) is 0 Å². The summed E-state index contributed by atoms with van der Waals surface area (Å²) in [4.78, 5) is 15.0. The maximum Gasteiger partial charge on any atom is 0.322 e. The Balaban J connectivity index is 1.76. The smallest absolute Gasteiger partial charge is 0.322 e. The molecule has 4 heteroatoms. The monoisotopic (exact) mass is 380 g/mol. The number of anilines is 1.